The molecule has 0 aliphatic carbocycles. The van der Waals surface area contributed by atoms with Gasteiger partial charge in [0, 0.05) is 13.0 Å². The predicted molar refractivity (Wildman–Crippen MR) is 75.4 cm³/mol. The molecule has 5 nitrogen and oxygen atoms in total. The number of carbonyl (C=O) groups excluding carboxylic acids is 3. The molecule has 0 fully saturated rings. The Morgan fingerprint density at radius 3 is 2.60 bits per heavy atom. The second-order valence-electron chi connectivity index (χ2n) is 5.06. The Bertz CT molecular complexity index is 568. The smallest absolute Gasteiger partial charge is 0.256 e. The van der Waals surface area contributed by atoms with Crippen LogP contribution in [-0.4, -0.2) is 36.2 Å². The zero-order chi connectivity index (χ0) is 14.9. The lowest BCUT2D eigenvalue weighted by molar-refractivity contribution is -0.128. The molecule has 0 saturated heterocycles. The van der Waals surface area contributed by atoms with Crippen LogP contribution in [0, 0.1) is 5.92 Å². The first-order chi connectivity index (χ1) is 9.47. The highest BCUT2D eigenvalue weighted by atomic mass is 16.2. The molecule has 0 bridgehead atoms. The molecule has 0 unspecified atom stereocenters. The molecule has 5 heteroatoms. The first kappa shape index (κ1) is 14.2. The summed E-state index contributed by atoms with van der Waals surface area (Å²) in [5.74, 6) is -1.12. The topological polar surface area (TPSA) is 57.7 Å². The number of benzene rings is 1. The third-order valence-electron chi connectivity index (χ3n) is 3.60. The summed E-state index contributed by atoms with van der Waals surface area (Å²) >= 11 is 0. The number of nitrogens with zero attached hydrogens (tertiary/aromatic N) is 2. The van der Waals surface area contributed by atoms with E-state index < -0.39 is 0 Å². The largest absolute Gasteiger partial charge is 0.332 e. The van der Waals surface area contributed by atoms with Gasteiger partial charge in [-0.15, -0.1) is 0 Å². The van der Waals surface area contributed by atoms with Gasteiger partial charge in [0.25, 0.3) is 11.8 Å². The minimum absolute atomic E-state index is 0.0876. The standard InChI is InChI=1S/C15H18N2O3/c1-4-10(2)14(19)17-12-8-6-5-7-11(12)15(20)16(3)9-13(17)18/h5-8,10H,4,9H2,1-3H3/t10-/m0/s1. The predicted octanol–water partition coefficient (Wildman–Crippen LogP) is 1.68. The van der Waals surface area contributed by atoms with Crippen LogP contribution in [-0.2, 0) is 9.59 Å². The molecule has 0 N–H and O–H groups in total. The molecule has 0 aromatic heterocycles. The number of anilines is 1. The van der Waals surface area contributed by atoms with Crippen molar-refractivity contribution in [2.45, 2.75) is 20.3 Å². The summed E-state index contributed by atoms with van der Waals surface area (Å²) in [4.78, 5) is 39.5. The second-order valence-corrected chi connectivity index (χ2v) is 5.06. The van der Waals surface area contributed by atoms with Gasteiger partial charge in [-0.2, -0.15) is 0 Å². The van der Waals surface area contributed by atoms with E-state index in [1.807, 2.05) is 6.92 Å². The Labute approximate surface area is 118 Å². The van der Waals surface area contributed by atoms with Crippen molar-refractivity contribution >= 4 is 23.4 Å². The maximum atomic E-state index is 12.4. The highest BCUT2D eigenvalue weighted by Gasteiger charge is 2.34. The van der Waals surface area contributed by atoms with E-state index >= 15 is 0 Å². The summed E-state index contributed by atoms with van der Waals surface area (Å²) in [5.41, 5.74) is 0.773. The number of imide groups is 1. The second kappa shape index (κ2) is 5.45. The zero-order valence-electron chi connectivity index (χ0n) is 11.9. The van der Waals surface area contributed by atoms with E-state index in [2.05, 4.69) is 0 Å². The molecule has 0 spiro atoms. The van der Waals surface area contributed by atoms with Crippen molar-refractivity contribution in [3.8, 4) is 0 Å². The van der Waals surface area contributed by atoms with Crippen LogP contribution in [0.2, 0.25) is 0 Å². The molecule has 1 aliphatic rings. The van der Waals surface area contributed by atoms with Crippen LogP contribution < -0.4 is 4.90 Å². The molecule has 1 aromatic rings. The molecule has 3 amide bonds. The van der Waals surface area contributed by atoms with Crippen molar-refractivity contribution in [3.63, 3.8) is 0 Å². The number of hydrogen-bond acceptors (Lipinski definition) is 3. The van der Waals surface area contributed by atoms with Gasteiger partial charge in [0.1, 0.15) is 6.54 Å². The molecule has 1 heterocycles. The molecule has 1 aliphatic heterocycles. The van der Waals surface area contributed by atoms with Crippen LogP contribution in [0.5, 0.6) is 0 Å². The molecule has 106 valence electrons. The third-order valence-corrected chi connectivity index (χ3v) is 3.60. The maximum absolute atomic E-state index is 12.4. The lowest BCUT2D eigenvalue weighted by atomic mass is 10.1. The highest BCUT2D eigenvalue weighted by Crippen LogP contribution is 2.26. The summed E-state index contributed by atoms with van der Waals surface area (Å²) in [5, 5.41) is 0. The number of para-hydroxylation sites is 1. The summed E-state index contributed by atoms with van der Waals surface area (Å²) < 4.78 is 0. The molecule has 20 heavy (non-hydrogen) atoms. The lowest BCUT2D eigenvalue weighted by Gasteiger charge is -2.23. The van der Waals surface area contributed by atoms with Crippen molar-refractivity contribution < 1.29 is 14.4 Å². The Kier molecular flexibility index (Phi) is 3.88. The number of rotatable bonds is 2. The molecular weight excluding hydrogens is 256 g/mol. The summed E-state index contributed by atoms with van der Waals surface area (Å²) in [6.07, 6.45) is 0.647. The number of carbonyl (C=O) groups is 3. The zero-order valence-corrected chi connectivity index (χ0v) is 11.9. The molecule has 1 aromatic carbocycles. The van der Waals surface area contributed by atoms with Crippen molar-refractivity contribution in [2.24, 2.45) is 5.92 Å². The highest BCUT2D eigenvalue weighted by molar-refractivity contribution is 6.21. The van der Waals surface area contributed by atoms with E-state index in [4.69, 9.17) is 0 Å². The summed E-state index contributed by atoms with van der Waals surface area (Å²) in [6, 6.07) is 6.74. The Hall–Kier alpha value is -2.17. The van der Waals surface area contributed by atoms with Gasteiger partial charge in [0.2, 0.25) is 5.91 Å². The van der Waals surface area contributed by atoms with Gasteiger partial charge in [0.05, 0.1) is 11.3 Å². The van der Waals surface area contributed by atoms with Gasteiger partial charge in [0.15, 0.2) is 0 Å². The number of likely N-dealkylation sites (N-methyl/N-ethyl adjacent to an activating group) is 1. The van der Waals surface area contributed by atoms with Crippen LogP contribution in [0.1, 0.15) is 30.6 Å². The minimum atomic E-state index is -0.365. The average Bonchev–Trinajstić information content (AvgIpc) is 2.54. The molecule has 0 saturated carbocycles. The Morgan fingerprint density at radius 1 is 1.30 bits per heavy atom. The third kappa shape index (κ3) is 2.31. The van der Waals surface area contributed by atoms with E-state index in [0.717, 1.165) is 4.90 Å². The molecule has 2 rings (SSSR count). The fourth-order valence-corrected chi connectivity index (χ4v) is 2.17. The van der Waals surface area contributed by atoms with Gasteiger partial charge in [-0.1, -0.05) is 26.0 Å². The first-order valence-electron chi connectivity index (χ1n) is 6.68. The van der Waals surface area contributed by atoms with Crippen LogP contribution in [0.15, 0.2) is 24.3 Å². The van der Waals surface area contributed by atoms with E-state index in [1.54, 1.807) is 38.2 Å². The normalized spacial score (nSPS) is 16.8. The van der Waals surface area contributed by atoms with E-state index in [9.17, 15) is 14.4 Å². The van der Waals surface area contributed by atoms with Crippen molar-refractivity contribution in [1.82, 2.24) is 4.90 Å². The minimum Gasteiger partial charge on any atom is -0.332 e. The van der Waals surface area contributed by atoms with E-state index in [1.165, 1.54) is 4.90 Å². The monoisotopic (exact) mass is 274 g/mol. The van der Waals surface area contributed by atoms with E-state index in [-0.39, 0.29) is 30.2 Å². The average molecular weight is 274 g/mol. The number of fused-ring (bicyclic) bond motifs is 1. The number of amides is 3. The Morgan fingerprint density at radius 2 is 1.95 bits per heavy atom. The number of hydrogen-bond donors (Lipinski definition) is 0. The van der Waals surface area contributed by atoms with Crippen LogP contribution in [0.4, 0.5) is 5.69 Å². The SMILES string of the molecule is CC[C@H](C)C(=O)N1C(=O)CN(C)C(=O)c2ccccc21. The van der Waals surface area contributed by atoms with Gasteiger partial charge in [-0.05, 0) is 18.6 Å². The maximum Gasteiger partial charge on any atom is 0.256 e. The van der Waals surface area contributed by atoms with Crippen molar-refractivity contribution in [3.05, 3.63) is 29.8 Å². The quantitative estimate of drug-likeness (QED) is 0.824. The molecular formula is C15H18N2O3. The van der Waals surface area contributed by atoms with Gasteiger partial charge in [-0.25, -0.2) is 4.90 Å². The van der Waals surface area contributed by atoms with Crippen molar-refractivity contribution in [1.29, 1.82) is 0 Å². The first-order valence-corrected chi connectivity index (χ1v) is 6.68. The fraction of sp³-hybridized carbons (Fsp3) is 0.400. The Balaban J connectivity index is 2.56. The van der Waals surface area contributed by atoms with Crippen molar-refractivity contribution in [2.75, 3.05) is 18.5 Å². The fourth-order valence-electron chi connectivity index (χ4n) is 2.17. The van der Waals surface area contributed by atoms with Gasteiger partial charge in [-0.3, -0.25) is 14.4 Å². The van der Waals surface area contributed by atoms with Gasteiger partial charge >= 0.3 is 0 Å². The molecule has 0 radical (unpaired) electrons. The van der Waals surface area contributed by atoms with Crippen LogP contribution in [0.25, 0.3) is 0 Å². The van der Waals surface area contributed by atoms with Crippen LogP contribution >= 0.6 is 0 Å². The lowest BCUT2D eigenvalue weighted by Crippen LogP contribution is -2.43. The van der Waals surface area contributed by atoms with E-state index in [0.29, 0.717) is 17.7 Å². The molecule has 1 atom stereocenters. The van der Waals surface area contributed by atoms with Crippen LogP contribution in [0.3, 0.4) is 0 Å². The summed E-state index contributed by atoms with van der Waals surface area (Å²) in [6.45, 7) is 3.60. The van der Waals surface area contributed by atoms with Gasteiger partial charge < -0.3 is 4.90 Å². The summed E-state index contributed by atoms with van der Waals surface area (Å²) in [7, 11) is 1.56.